The molecular weight excluding hydrogens is 352 g/mol. The molecule has 0 N–H and O–H groups in total. The Kier molecular flexibility index (Phi) is 4.37. The summed E-state index contributed by atoms with van der Waals surface area (Å²) >= 11 is 6.49. The van der Waals surface area contributed by atoms with E-state index in [9.17, 15) is 0 Å². The maximum Gasteiger partial charge on any atom is 0.209 e. The van der Waals surface area contributed by atoms with Crippen molar-refractivity contribution in [3.05, 3.63) is 71.5 Å². The molecular formula is C18H15ClN6O. The maximum absolute atomic E-state index is 6.49. The lowest BCUT2D eigenvalue weighted by Gasteiger charge is -2.04. The van der Waals surface area contributed by atoms with Crippen LogP contribution < -0.4 is 4.74 Å². The third-order valence-corrected chi connectivity index (χ3v) is 4.25. The van der Waals surface area contributed by atoms with E-state index in [0.29, 0.717) is 23.1 Å². The van der Waals surface area contributed by atoms with Gasteiger partial charge in [0.2, 0.25) is 5.82 Å². The highest BCUT2D eigenvalue weighted by molar-refractivity contribution is 6.32. The fraction of sp³-hybridized carbons (Fsp3) is 0.111. The molecule has 0 amide bonds. The number of hydrogen-bond donors (Lipinski definition) is 0. The molecule has 0 saturated carbocycles. The lowest BCUT2D eigenvalue weighted by atomic mass is 10.2. The molecule has 130 valence electrons. The molecule has 26 heavy (non-hydrogen) atoms. The number of methoxy groups -OCH3 is 1. The van der Waals surface area contributed by atoms with Crippen LogP contribution in [-0.2, 0) is 6.54 Å². The zero-order valence-corrected chi connectivity index (χ0v) is 14.7. The zero-order valence-electron chi connectivity index (χ0n) is 14.0. The summed E-state index contributed by atoms with van der Waals surface area (Å²) in [5.41, 5.74) is 2.54. The quantitative estimate of drug-likeness (QED) is 0.542. The molecule has 0 atom stereocenters. The second-order valence-electron chi connectivity index (χ2n) is 5.59. The molecule has 2 heterocycles. The standard InChI is InChI=1S/C18H15ClN6O/c1-26-15-9-7-14(8-10-15)25-17(19)16(11-20-25)18-21-23-24(22-18)12-13-5-3-2-4-6-13/h2-11H,12H2,1H3. The van der Waals surface area contributed by atoms with Crippen molar-refractivity contribution in [3.8, 4) is 22.8 Å². The normalized spacial score (nSPS) is 10.8. The van der Waals surface area contributed by atoms with Crippen molar-refractivity contribution in [2.75, 3.05) is 7.11 Å². The highest BCUT2D eigenvalue weighted by Crippen LogP contribution is 2.27. The van der Waals surface area contributed by atoms with Crippen molar-refractivity contribution in [1.82, 2.24) is 30.0 Å². The van der Waals surface area contributed by atoms with Crippen LogP contribution in [0.25, 0.3) is 17.1 Å². The first-order chi connectivity index (χ1) is 12.7. The predicted octanol–water partition coefficient (Wildman–Crippen LogP) is 3.24. The second kappa shape index (κ2) is 6.97. The fourth-order valence-electron chi connectivity index (χ4n) is 2.55. The number of halogens is 1. The monoisotopic (exact) mass is 366 g/mol. The molecule has 4 rings (SSSR count). The smallest absolute Gasteiger partial charge is 0.209 e. The minimum atomic E-state index is 0.425. The van der Waals surface area contributed by atoms with E-state index >= 15 is 0 Å². The van der Waals surface area contributed by atoms with Gasteiger partial charge in [0, 0.05) is 0 Å². The highest BCUT2D eigenvalue weighted by atomic mass is 35.5. The van der Waals surface area contributed by atoms with Gasteiger partial charge in [0.25, 0.3) is 0 Å². The van der Waals surface area contributed by atoms with Gasteiger partial charge in [0.15, 0.2) is 0 Å². The molecule has 2 aromatic heterocycles. The molecule has 0 aliphatic heterocycles. The molecule has 0 aliphatic rings. The largest absolute Gasteiger partial charge is 0.497 e. The summed E-state index contributed by atoms with van der Waals surface area (Å²) in [6.45, 7) is 0.540. The van der Waals surface area contributed by atoms with Gasteiger partial charge in [-0.2, -0.15) is 9.90 Å². The first-order valence-electron chi connectivity index (χ1n) is 7.94. The Morgan fingerprint density at radius 3 is 2.54 bits per heavy atom. The summed E-state index contributed by atoms with van der Waals surface area (Å²) in [5.74, 6) is 1.20. The van der Waals surface area contributed by atoms with Crippen molar-refractivity contribution >= 4 is 11.6 Å². The van der Waals surface area contributed by atoms with Gasteiger partial charge in [0.05, 0.1) is 31.1 Å². The van der Waals surface area contributed by atoms with E-state index in [2.05, 4.69) is 20.5 Å². The first kappa shape index (κ1) is 16.3. The third kappa shape index (κ3) is 3.16. The number of benzene rings is 2. The number of tetrazole rings is 1. The van der Waals surface area contributed by atoms with E-state index in [1.807, 2.05) is 54.6 Å². The third-order valence-electron chi connectivity index (χ3n) is 3.89. The lowest BCUT2D eigenvalue weighted by Crippen LogP contribution is -2.03. The molecule has 7 nitrogen and oxygen atoms in total. The molecule has 4 aromatic rings. The summed E-state index contributed by atoms with van der Waals surface area (Å²) in [5, 5.41) is 17.4. The van der Waals surface area contributed by atoms with E-state index in [4.69, 9.17) is 16.3 Å². The van der Waals surface area contributed by atoms with Gasteiger partial charge in [-0.25, -0.2) is 4.68 Å². The maximum atomic E-state index is 6.49. The fourth-order valence-corrected chi connectivity index (χ4v) is 2.83. The molecule has 0 fully saturated rings. The van der Waals surface area contributed by atoms with Crippen molar-refractivity contribution in [2.24, 2.45) is 0 Å². The minimum Gasteiger partial charge on any atom is -0.497 e. The van der Waals surface area contributed by atoms with Crippen LogP contribution in [0.15, 0.2) is 60.8 Å². The van der Waals surface area contributed by atoms with E-state index < -0.39 is 0 Å². The molecule has 8 heteroatoms. The van der Waals surface area contributed by atoms with E-state index in [0.717, 1.165) is 17.0 Å². The number of ether oxygens (including phenoxy) is 1. The van der Waals surface area contributed by atoms with Crippen LogP contribution in [0.5, 0.6) is 5.75 Å². The molecule has 0 bridgehead atoms. The summed E-state index contributed by atoms with van der Waals surface area (Å²) in [6, 6.07) is 17.4. The van der Waals surface area contributed by atoms with Crippen LogP contribution in [0.4, 0.5) is 0 Å². The van der Waals surface area contributed by atoms with Crippen LogP contribution in [0.2, 0.25) is 5.15 Å². The van der Waals surface area contributed by atoms with Gasteiger partial charge in [-0.05, 0) is 35.0 Å². The molecule has 0 radical (unpaired) electrons. The summed E-state index contributed by atoms with van der Waals surface area (Å²) in [7, 11) is 1.62. The Labute approximate surface area is 154 Å². The molecule has 0 aliphatic carbocycles. The topological polar surface area (TPSA) is 70.7 Å². The SMILES string of the molecule is COc1ccc(-n2ncc(-c3nnn(Cc4ccccc4)n3)c2Cl)cc1. The van der Waals surface area contributed by atoms with E-state index in [1.54, 1.807) is 18.0 Å². The lowest BCUT2D eigenvalue weighted by molar-refractivity contribution is 0.414. The van der Waals surface area contributed by atoms with Crippen LogP contribution in [0.1, 0.15) is 5.56 Å². The Morgan fingerprint density at radius 1 is 1.04 bits per heavy atom. The van der Waals surface area contributed by atoms with Crippen molar-refractivity contribution < 1.29 is 4.74 Å². The Morgan fingerprint density at radius 2 is 1.81 bits per heavy atom. The van der Waals surface area contributed by atoms with Crippen molar-refractivity contribution in [3.63, 3.8) is 0 Å². The van der Waals surface area contributed by atoms with Gasteiger partial charge in [-0.3, -0.25) is 0 Å². The van der Waals surface area contributed by atoms with Gasteiger partial charge < -0.3 is 4.74 Å². The highest BCUT2D eigenvalue weighted by Gasteiger charge is 2.16. The number of rotatable bonds is 5. The second-order valence-corrected chi connectivity index (χ2v) is 5.95. The van der Waals surface area contributed by atoms with Crippen molar-refractivity contribution in [2.45, 2.75) is 6.54 Å². The van der Waals surface area contributed by atoms with Crippen LogP contribution in [0, 0.1) is 0 Å². The first-order valence-corrected chi connectivity index (χ1v) is 8.32. The predicted molar refractivity (Wildman–Crippen MR) is 97.5 cm³/mol. The van der Waals surface area contributed by atoms with Gasteiger partial charge >= 0.3 is 0 Å². The van der Waals surface area contributed by atoms with Crippen LogP contribution >= 0.6 is 11.6 Å². The Balaban J connectivity index is 1.60. The molecule has 0 unspecified atom stereocenters. The number of aromatic nitrogens is 6. The molecule has 0 saturated heterocycles. The van der Waals surface area contributed by atoms with Gasteiger partial charge in [-0.15, -0.1) is 10.2 Å². The van der Waals surface area contributed by atoms with E-state index in [-0.39, 0.29) is 0 Å². The summed E-state index contributed by atoms with van der Waals surface area (Å²) < 4.78 is 6.79. The average Bonchev–Trinajstić information content (AvgIpc) is 3.29. The Hall–Kier alpha value is -3.19. The van der Waals surface area contributed by atoms with Crippen molar-refractivity contribution in [1.29, 1.82) is 0 Å². The van der Waals surface area contributed by atoms with Gasteiger partial charge in [0.1, 0.15) is 10.9 Å². The number of nitrogens with zero attached hydrogens (tertiary/aromatic N) is 6. The molecule has 2 aromatic carbocycles. The van der Waals surface area contributed by atoms with Crippen LogP contribution in [0.3, 0.4) is 0 Å². The minimum absolute atomic E-state index is 0.425. The van der Waals surface area contributed by atoms with Gasteiger partial charge in [-0.1, -0.05) is 41.9 Å². The van der Waals surface area contributed by atoms with E-state index in [1.165, 1.54) is 4.80 Å². The summed E-state index contributed by atoms with van der Waals surface area (Å²) in [4.78, 5) is 1.53. The summed E-state index contributed by atoms with van der Waals surface area (Å²) in [6.07, 6.45) is 1.64. The Bertz CT molecular complexity index is 1010. The zero-order chi connectivity index (χ0) is 17.9. The van der Waals surface area contributed by atoms with Crippen LogP contribution in [-0.4, -0.2) is 37.1 Å². The number of hydrogen-bond acceptors (Lipinski definition) is 5. The molecule has 0 spiro atoms. The average molecular weight is 367 g/mol.